The summed E-state index contributed by atoms with van der Waals surface area (Å²) in [5, 5.41) is 6.77. The first-order valence-corrected chi connectivity index (χ1v) is 9.78. The molecule has 0 saturated carbocycles. The molecule has 8 nitrogen and oxygen atoms in total. The van der Waals surface area contributed by atoms with Gasteiger partial charge >= 0.3 is 0 Å². The highest BCUT2D eigenvalue weighted by atomic mass is 35.5. The lowest BCUT2D eigenvalue weighted by Gasteiger charge is -2.26. The third-order valence-electron chi connectivity index (χ3n) is 4.28. The van der Waals surface area contributed by atoms with Gasteiger partial charge in [0.25, 0.3) is 5.91 Å². The number of nitrogens with one attached hydrogen (secondary N) is 1. The summed E-state index contributed by atoms with van der Waals surface area (Å²) in [6, 6.07) is 0. The molecule has 1 N–H and O–H groups in total. The van der Waals surface area contributed by atoms with Crippen LogP contribution >= 0.6 is 11.6 Å². The van der Waals surface area contributed by atoms with Gasteiger partial charge in [-0.3, -0.25) is 14.9 Å². The van der Waals surface area contributed by atoms with Crippen LogP contribution in [-0.2, 0) is 22.9 Å². The average molecular weight is 362 g/mol. The van der Waals surface area contributed by atoms with Crippen molar-refractivity contribution < 1.29 is 13.2 Å². The predicted molar refractivity (Wildman–Crippen MR) is 85.9 cm³/mol. The van der Waals surface area contributed by atoms with Crippen molar-refractivity contribution in [2.75, 3.05) is 38.2 Å². The van der Waals surface area contributed by atoms with Crippen LogP contribution in [0.5, 0.6) is 0 Å². The molecule has 2 aliphatic heterocycles. The number of hydrazine groups is 1. The quantitative estimate of drug-likeness (QED) is 0.781. The van der Waals surface area contributed by atoms with Crippen molar-refractivity contribution in [2.45, 2.75) is 19.5 Å². The van der Waals surface area contributed by atoms with Crippen LogP contribution in [0, 0.1) is 0 Å². The van der Waals surface area contributed by atoms with E-state index >= 15 is 0 Å². The number of carbonyl (C=O) groups excluding carboxylic acids is 1. The molecule has 0 spiro atoms. The van der Waals surface area contributed by atoms with Gasteiger partial charge in [0.1, 0.15) is 0 Å². The van der Waals surface area contributed by atoms with E-state index in [9.17, 15) is 13.2 Å². The maximum Gasteiger partial charge on any atom is 0.275 e. The molecule has 1 fully saturated rings. The predicted octanol–water partition coefficient (Wildman–Crippen LogP) is -0.253. The Kier molecular flexibility index (Phi) is 4.63. The number of amides is 1. The van der Waals surface area contributed by atoms with Gasteiger partial charge in [0, 0.05) is 26.2 Å². The van der Waals surface area contributed by atoms with E-state index in [4.69, 9.17) is 11.6 Å². The second-order valence-corrected chi connectivity index (χ2v) is 8.46. The van der Waals surface area contributed by atoms with E-state index in [0.29, 0.717) is 18.1 Å². The van der Waals surface area contributed by atoms with Crippen molar-refractivity contribution >= 4 is 27.3 Å². The normalized spacial score (nSPS) is 21.7. The Morgan fingerprint density at radius 2 is 1.91 bits per heavy atom. The zero-order valence-corrected chi connectivity index (χ0v) is 14.5. The van der Waals surface area contributed by atoms with Crippen LogP contribution in [0.15, 0.2) is 0 Å². The molecule has 3 heterocycles. The molecule has 23 heavy (non-hydrogen) atoms. The van der Waals surface area contributed by atoms with E-state index in [-0.39, 0.29) is 36.2 Å². The van der Waals surface area contributed by atoms with Gasteiger partial charge in [-0.05, 0) is 13.5 Å². The lowest BCUT2D eigenvalue weighted by Crippen LogP contribution is -2.44. The summed E-state index contributed by atoms with van der Waals surface area (Å²) in [7, 11) is -1.18. The number of aromatic nitrogens is 2. The fourth-order valence-electron chi connectivity index (χ4n) is 2.87. The molecule has 0 aromatic carbocycles. The molecule has 3 rings (SSSR count). The molecule has 10 heteroatoms. The van der Waals surface area contributed by atoms with Crippen molar-refractivity contribution in [3.05, 3.63) is 16.4 Å². The molecule has 1 aromatic heterocycles. The Hall–Kier alpha value is -1.16. The smallest absolute Gasteiger partial charge is 0.275 e. The Morgan fingerprint density at radius 3 is 2.57 bits per heavy atom. The molecule has 0 bridgehead atoms. The van der Waals surface area contributed by atoms with Gasteiger partial charge < -0.3 is 4.90 Å². The van der Waals surface area contributed by atoms with Crippen molar-refractivity contribution in [2.24, 2.45) is 0 Å². The number of fused-ring (bicyclic) bond motifs is 1. The third kappa shape index (κ3) is 3.37. The summed E-state index contributed by atoms with van der Waals surface area (Å²) in [5.41, 5.74) is 4.13. The summed E-state index contributed by atoms with van der Waals surface area (Å²) < 4.78 is 24.8. The maximum absolute atomic E-state index is 12.6. The average Bonchev–Trinajstić information content (AvgIpc) is 2.71. The number of sulfone groups is 1. The van der Waals surface area contributed by atoms with Gasteiger partial charge in [0.05, 0.1) is 28.8 Å². The molecule has 0 atom stereocenters. The fraction of sp³-hybridized carbons (Fsp3) is 0.692. The number of aryl methyl sites for hydroxylation is 1. The Bertz CT molecular complexity index is 703. The summed E-state index contributed by atoms with van der Waals surface area (Å²) in [4.78, 5) is 14.1. The highest BCUT2D eigenvalue weighted by Gasteiger charge is 2.31. The summed E-state index contributed by atoms with van der Waals surface area (Å²) in [5.74, 6) is -0.295. The fourth-order valence-corrected chi connectivity index (χ4v) is 4.35. The van der Waals surface area contributed by atoms with Crippen LogP contribution < -0.4 is 5.43 Å². The molecule has 0 radical (unpaired) electrons. The number of hydrogen-bond acceptors (Lipinski definition) is 6. The Morgan fingerprint density at radius 1 is 1.22 bits per heavy atom. The van der Waals surface area contributed by atoms with E-state index in [1.165, 1.54) is 4.90 Å². The lowest BCUT2D eigenvalue weighted by atomic mass is 10.3. The van der Waals surface area contributed by atoms with Crippen molar-refractivity contribution in [1.29, 1.82) is 0 Å². The molecule has 0 unspecified atom stereocenters. The van der Waals surface area contributed by atoms with Crippen LogP contribution in [0.25, 0.3) is 0 Å². The minimum absolute atomic E-state index is 0.00252. The van der Waals surface area contributed by atoms with Gasteiger partial charge in [0.2, 0.25) is 0 Å². The molecule has 2 aliphatic rings. The summed E-state index contributed by atoms with van der Waals surface area (Å²) in [6.45, 7) is 2.55. The van der Waals surface area contributed by atoms with Gasteiger partial charge in [0.15, 0.2) is 15.5 Å². The van der Waals surface area contributed by atoms with Crippen LogP contribution in [0.1, 0.15) is 22.6 Å². The minimum Gasteiger partial charge on any atom is -0.335 e. The number of carbonyl (C=O) groups is 1. The first-order valence-electron chi connectivity index (χ1n) is 7.58. The van der Waals surface area contributed by atoms with E-state index in [1.54, 1.807) is 4.68 Å². The highest BCUT2D eigenvalue weighted by Crippen LogP contribution is 2.25. The monoisotopic (exact) mass is 361 g/mol. The molecular formula is C13H20ClN5O3S. The van der Waals surface area contributed by atoms with Crippen molar-refractivity contribution in [1.82, 2.24) is 25.1 Å². The van der Waals surface area contributed by atoms with Crippen molar-refractivity contribution in [3.8, 4) is 0 Å². The van der Waals surface area contributed by atoms with Gasteiger partial charge in [-0.1, -0.05) is 11.6 Å². The number of nitrogens with zero attached hydrogens (tertiary/aromatic N) is 4. The molecule has 1 aromatic rings. The van der Waals surface area contributed by atoms with Crippen LogP contribution in [-0.4, -0.2) is 72.2 Å². The second kappa shape index (κ2) is 6.39. The lowest BCUT2D eigenvalue weighted by molar-refractivity contribution is 0.0763. The van der Waals surface area contributed by atoms with Crippen LogP contribution in [0.2, 0.25) is 5.02 Å². The first-order chi connectivity index (χ1) is 10.9. The maximum atomic E-state index is 12.6. The molecule has 1 saturated heterocycles. The number of hydrogen-bond donors (Lipinski definition) is 1. The van der Waals surface area contributed by atoms with Gasteiger partial charge in [-0.25, -0.2) is 13.4 Å². The van der Waals surface area contributed by atoms with E-state index in [2.05, 4.69) is 10.5 Å². The molecule has 1 amide bonds. The van der Waals surface area contributed by atoms with E-state index in [1.807, 2.05) is 12.1 Å². The number of halogens is 1. The van der Waals surface area contributed by atoms with E-state index < -0.39 is 9.84 Å². The zero-order chi connectivity index (χ0) is 16.6. The molecule has 128 valence electrons. The minimum atomic E-state index is -3.03. The first kappa shape index (κ1) is 16.7. The van der Waals surface area contributed by atoms with Crippen LogP contribution in [0.4, 0.5) is 0 Å². The zero-order valence-electron chi connectivity index (χ0n) is 13.0. The standard InChI is InChI=1S/C13H20ClN5O3S/c1-15-18-3-2-4-19-10(9-18)11(14)12(16-19)13(20)17-5-7-23(21,22)8-6-17/h15H,2-9H2,1H3. The van der Waals surface area contributed by atoms with Gasteiger partial charge in [-0.15, -0.1) is 0 Å². The highest BCUT2D eigenvalue weighted by molar-refractivity contribution is 7.91. The SMILES string of the molecule is CNN1CCCn2nc(C(=O)N3CCS(=O)(=O)CC3)c(Cl)c2C1. The largest absolute Gasteiger partial charge is 0.335 e. The Balaban J connectivity index is 1.83. The topological polar surface area (TPSA) is 87.5 Å². The summed E-state index contributed by atoms with van der Waals surface area (Å²) in [6.07, 6.45) is 0.904. The number of rotatable bonds is 2. The third-order valence-corrected chi connectivity index (χ3v) is 6.29. The van der Waals surface area contributed by atoms with Crippen LogP contribution in [0.3, 0.4) is 0 Å². The Labute approximate surface area is 140 Å². The molecule has 0 aliphatic carbocycles. The molecular weight excluding hydrogens is 342 g/mol. The summed E-state index contributed by atoms with van der Waals surface area (Å²) >= 11 is 6.40. The van der Waals surface area contributed by atoms with Gasteiger partial charge in [-0.2, -0.15) is 5.10 Å². The second-order valence-electron chi connectivity index (χ2n) is 5.78. The van der Waals surface area contributed by atoms with Crippen molar-refractivity contribution in [3.63, 3.8) is 0 Å². The van der Waals surface area contributed by atoms with E-state index in [0.717, 1.165) is 18.7 Å².